The van der Waals surface area contributed by atoms with E-state index < -0.39 is 0 Å². The molecule has 0 spiro atoms. The van der Waals surface area contributed by atoms with Gasteiger partial charge in [0.05, 0.1) is 0 Å². The minimum atomic E-state index is 0.602. The Hall–Kier alpha value is -1.50. The first-order chi connectivity index (χ1) is 10.3. The second-order valence-electron chi connectivity index (χ2n) is 6.31. The van der Waals surface area contributed by atoms with Gasteiger partial charge in [-0.05, 0) is 62.3 Å². The first kappa shape index (κ1) is 14.4. The average molecular weight is 281 g/mol. The van der Waals surface area contributed by atoms with Gasteiger partial charge >= 0.3 is 0 Å². The maximum Gasteiger partial charge on any atom is 0.0411 e. The Morgan fingerprint density at radius 2 is 1.86 bits per heavy atom. The first-order valence-corrected chi connectivity index (χ1v) is 8.52. The zero-order chi connectivity index (χ0) is 14.8. The lowest BCUT2D eigenvalue weighted by molar-refractivity contribution is 0.416. The molecule has 21 heavy (non-hydrogen) atoms. The summed E-state index contributed by atoms with van der Waals surface area (Å²) in [7, 11) is 0. The molecule has 1 aromatic rings. The van der Waals surface area contributed by atoms with Crippen molar-refractivity contribution < 1.29 is 0 Å². The molecule has 1 aliphatic heterocycles. The molecule has 1 heteroatoms. The fourth-order valence-electron chi connectivity index (χ4n) is 4.28. The Labute approximate surface area is 129 Å². The third-order valence-electron chi connectivity index (χ3n) is 5.23. The second kappa shape index (κ2) is 6.09. The van der Waals surface area contributed by atoms with E-state index in [1.54, 1.807) is 11.1 Å². The van der Waals surface area contributed by atoms with Gasteiger partial charge in [0.25, 0.3) is 0 Å². The Morgan fingerprint density at radius 1 is 1.10 bits per heavy atom. The van der Waals surface area contributed by atoms with Gasteiger partial charge in [0.1, 0.15) is 0 Å². The van der Waals surface area contributed by atoms with Gasteiger partial charge in [-0.2, -0.15) is 0 Å². The van der Waals surface area contributed by atoms with E-state index in [0.717, 1.165) is 0 Å². The van der Waals surface area contributed by atoms with Gasteiger partial charge in [-0.15, -0.1) is 0 Å². The van der Waals surface area contributed by atoms with E-state index in [4.69, 9.17) is 0 Å². The molecule has 1 aromatic carbocycles. The zero-order valence-electron chi connectivity index (χ0n) is 13.6. The summed E-state index contributed by atoms with van der Waals surface area (Å²) in [5, 5.41) is 0. The molecule has 0 aromatic heterocycles. The number of hydrogen-bond acceptors (Lipinski definition) is 1. The highest BCUT2D eigenvalue weighted by molar-refractivity contribution is 5.59. The molecule has 1 aliphatic carbocycles. The van der Waals surface area contributed by atoms with Gasteiger partial charge in [-0.3, -0.25) is 0 Å². The lowest BCUT2D eigenvalue weighted by Gasteiger charge is -2.46. The van der Waals surface area contributed by atoms with Crippen molar-refractivity contribution in [3.05, 3.63) is 53.3 Å². The Kier molecular flexibility index (Phi) is 4.19. The monoisotopic (exact) mass is 281 g/mol. The zero-order valence-corrected chi connectivity index (χ0v) is 13.6. The first-order valence-electron chi connectivity index (χ1n) is 8.52. The van der Waals surface area contributed by atoms with E-state index >= 15 is 0 Å². The van der Waals surface area contributed by atoms with Crippen molar-refractivity contribution in [3.63, 3.8) is 0 Å². The van der Waals surface area contributed by atoms with Crippen molar-refractivity contribution in [3.8, 4) is 0 Å². The molecule has 2 unspecified atom stereocenters. The van der Waals surface area contributed by atoms with E-state index in [0.29, 0.717) is 12.0 Å². The van der Waals surface area contributed by atoms with E-state index in [1.807, 2.05) is 0 Å². The highest BCUT2D eigenvalue weighted by Crippen LogP contribution is 2.44. The molecule has 2 aliphatic rings. The van der Waals surface area contributed by atoms with E-state index in [2.05, 4.69) is 62.1 Å². The fraction of sp³-hybridized carbons (Fsp3) is 0.500. The summed E-state index contributed by atoms with van der Waals surface area (Å²) in [5.74, 6) is 0.689. The fourth-order valence-corrected chi connectivity index (χ4v) is 4.28. The van der Waals surface area contributed by atoms with Crippen LogP contribution in [0.2, 0.25) is 0 Å². The molecule has 0 fully saturated rings. The van der Waals surface area contributed by atoms with Gasteiger partial charge < -0.3 is 4.90 Å². The maximum absolute atomic E-state index is 2.62. The highest BCUT2D eigenvalue weighted by atomic mass is 15.2. The average Bonchev–Trinajstić information content (AvgIpc) is 2.55. The highest BCUT2D eigenvalue weighted by Gasteiger charge is 2.36. The van der Waals surface area contributed by atoms with Crippen molar-refractivity contribution >= 4 is 5.69 Å². The maximum atomic E-state index is 2.62. The Bertz CT molecular complexity index is 552. The van der Waals surface area contributed by atoms with Crippen LogP contribution in [0, 0.1) is 5.92 Å². The molecule has 0 N–H and O–H groups in total. The van der Waals surface area contributed by atoms with Crippen LogP contribution in [-0.2, 0) is 0 Å². The van der Waals surface area contributed by atoms with Gasteiger partial charge in [0.2, 0.25) is 0 Å². The summed E-state index contributed by atoms with van der Waals surface area (Å²) in [5.41, 5.74) is 6.14. The largest absolute Gasteiger partial charge is 0.341 e. The Balaban J connectivity index is 2.13. The molecule has 3 rings (SSSR count). The third kappa shape index (κ3) is 2.43. The molecule has 0 amide bonds. The van der Waals surface area contributed by atoms with Crippen LogP contribution in [0.1, 0.15) is 52.9 Å². The number of anilines is 1. The Morgan fingerprint density at radius 3 is 2.52 bits per heavy atom. The minimum Gasteiger partial charge on any atom is -0.341 e. The number of rotatable bonds is 3. The molecule has 1 heterocycles. The van der Waals surface area contributed by atoms with Crippen molar-refractivity contribution in [2.24, 2.45) is 5.92 Å². The van der Waals surface area contributed by atoms with E-state index in [-0.39, 0.29) is 0 Å². The van der Waals surface area contributed by atoms with Crippen LogP contribution in [-0.4, -0.2) is 6.04 Å². The van der Waals surface area contributed by atoms with Crippen LogP contribution in [0.25, 0.3) is 0 Å². The van der Waals surface area contributed by atoms with Crippen LogP contribution in [0.5, 0.6) is 0 Å². The van der Waals surface area contributed by atoms with Gasteiger partial charge in [0, 0.05) is 23.3 Å². The molecule has 0 saturated carbocycles. The molecule has 0 radical (unpaired) electrons. The number of benzene rings is 1. The van der Waals surface area contributed by atoms with Crippen molar-refractivity contribution in [2.75, 3.05) is 4.90 Å². The van der Waals surface area contributed by atoms with Crippen LogP contribution in [0.4, 0.5) is 5.69 Å². The van der Waals surface area contributed by atoms with Crippen LogP contribution in [0.15, 0.2) is 53.3 Å². The standard InChI is InChI=1S/C20H27N/c1-4-17-19-14-10-9-13-18(19)15(3)21(20(17)5-2)16-11-7-6-8-12-16/h6-8,11-12,14,17,20H,4-5,9-10,13H2,1-3H3. The number of allylic oxidation sites excluding steroid dienone is 3. The lowest BCUT2D eigenvalue weighted by atomic mass is 9.74. The molecule has 0 saturated heterocycles. The smallest absolute Gasteiger partial charge is 0.0411 e. The second-order valence-corrected chi connectivity index (χ2v) is 6.31. The minimum absolute atomic E-state index is 0.602. The number of fused-ring (bicyclic) bond motifs is 1. The van der Waals surface area contributed by atoms with Crippen LogP contribution in [0.3, 0.4) is 0 Å². The summed E-state index contributed by atoms with van der Waals surface area (Å²) >= 11 is 0. The predicted octanol–water partition coefficient (Wildman–Crippen LogP) is 5.70. The van der Waals surface area contributed by atoms with Crippen molar-refractivity contribution in [2.45, 2.75) is 58.9 Å². The molecule has 0 bridgehead atoms. The summed E-state index contributed by atoms with van der Waals surface area (Å²) in [4.78, 5) is 2.62. The number of hydrogen-bond donors (Lipinski definition) is 0. The van der Waals surface area contributed by atoms with Gasteiger partial charge in [-0.1, -0.05) is 38.1 Å². The van der Waals surface area contributed by atoms with Crippen molar-refractivity contribution in [1.29, 1.82) is 0 Å². The molecule has 112 valence electrons. The van der Waals surface area contributed by atoms with Gasteiger partial charge in [0.15, 0.2) is 0 Å². The summed E-state index contributed by atoms with van der Waals surface area (Å²) in [6, 6.07) is 11.6. The summed E-state index contributed by atoms with van der Waals surface area (Å²) < 4.78 is 0. The third-order valence-corrected chi connectivity index (χ3v) is 5.23. The quantitative estimate of drug-likeness (QED) is 0.687. The SMILES string of the molecule is CCC1C2=CCCCC2=C(C)N(c2ccccc2)C1CC. The predicted molar refractivity (Wildman–Crippen MR) is 91.4 cm³/mol. The van der Waals surface area contributed by atoms with Crippen LogP contribution < -0.4 is 4.90 Å². The van der Waals surface area contributed by atoms with E-state index in [1.165, 1.54) is 43.5 Å². The number of nitrogens with zero attached hydrogens (tertiary/aromatic N) is 1. The normalized spacial score (nSPS) is 25.7. The molecule has 1 nitrogen and oxygen atoms in total. The van der Waals surface area contributed by atoms with Crippen LogP contribution >= 0.6 is 0 Å². The molecule has 2 atom stereocenters. The van der Waals surface area contributed by atoms with Gasteiger partial charge in [-0.25, -0.2) is 0 Å². The van der Waals surface area contributed by atoms with E-state index in [9.17, 15) is 0 Å². The lowest BCUT2D eigenvalue weighted by Crippen LogP contribution is -2.44. The van der Waals surface area contributed by atoms with Crippen molar-refractivity contribution in [1.82, 2.24) is 0 Å². The molecular weight excluding hydrogens is 254 g/mol. The topological polar surface area (TPSA) is 3.24 Å². The summed E-state index contributed by atoms with van der Waals surface area (Å²) in [6.45, 7) is 7.02. The molecular formula is C20H27N. The number of para-hydroxylation sites is 1. The summed E-state index contributed by atoms with van der Waals surface area (Å²) in [6.07, 6.45) is 8.81.